The molecule has 5 rings (SSSR count). The van der Waals surface area contributed by atoms with Gasteiger partial charge in [-0.2, -0.15) is 0 Å². The Labute approximate surface area is 203 Å². The average Bonchev–Trinajstić information content (AvgIpc) is 3.16. The van der Waals surface area contributed by atoms with Crippen LogP contribution in [0.3, 0.4) is 0 Å². The van der Waals surface area contributed by atoms with Crippen LogP contribution in [0.5, 0.6) is 11.5 Å². The molecule has 0 radical (unpaired) electrons. The lowest BCUT2D eigenvalue weighted by atomic mass is 9.97. The summed E-state index contributed by atoms with van der Waals surface area (Å²) in [6.45, 7) is 7.02. The molecule has 1 amide bonds. The summed E-state index contributed by atoms with van der Waals surface area (Å²) < 4.78 is 17.5. The summed E-state index contributed by atoms with van der Waals surface area (Å²) in [5, 5.41) is 0.466. The minimum Gasteiger partial charge on any atom is -0.494 e. The highest BCUT2D eigenvalue weighted by atomic mass is 16.5. The standard InChI is InChI=1S/C29H27NO5/c1-4-15-34-22-8-6-7-19(17-22)26-25-27(31)23-16-18(3)9-14-24(23)35-28(25)29(32)30(26)20-10-12-21(13-11-20)33-5-2/h6-14,16-17,26H,4-5,15H2,1-3H3. The Balaban J connectivity index is 1.71. The first-order valence-corrected chi connectivity index (χ1v) is 11.9. The third kappa shape index (κ3) is 4.05. The summed E-state index contributed by atoms with van der Waals surface area (Å²) in [4.78, 5) is 29.1. The first-order chi connectivity index (χ1) is 17.0. The number of anilines is 1. The number of benzene rings is 3. The van der Waals surface area contributed by atoms with Crippen molar-refractivity contribution in [2.45, 2.75) is 33.2 Å². The molecular weight excluding hydrogens is 442 g/mol. The van der Waals surface area contributed by atoms with Gasteiger partial charge >= 0.3 is 0 Å². The second-order valence-electron chi connectivity index (χ2n) is 8.60. The molecule has 4 aromatic rings. The summed E-state index contributed by atoms with van der Waals surface area (Å²) in [5.74, 6) is 1.12. The van der Waals surface area contributed by atoms with E-state index in [0.717, 1.165) is 17.5 Å². The molecule has 0 aliphatic carbocycles. The Bertz CT molecular complexity index is 1450. The van der Waals surface area contributed by atoms with Gasteiger partial charge in [-0.3, -0.25) is 14.5 Å². The number of hydrogen-bond donors (Lipinski definition) is 0. The van der Waals surface area contributed by atoms with Crippen molar-refractivity contribution < 1.29 is 18.7 Å². The van der Waals surface area contributed by atoms with E-state index >= 15 is 0 Å². The molecule has 3 aromatic carbocycles. The van der Waals surface area contributed by atoms with E-state index in [1.54, 1.807) is 11.0 Å². The van der Waals surface area contributed by atoms with E-state index in [9.17, 15) is 9.59 Å². The SMILES string of the molecule is CCCOc1cccc(C2c3c(oc4ccc(C)cc4c3=O)C(=O)N2c2ccc(OCC)cc2)c1. The monoisotopic (exact) mass is 469 g/mol. The summed E-state index contributed by atoms with van der Waals surface area (Å²) in [7, 11) is 0. The molecule has 1 aliphatic rings. The molecule has 1 unspecified atom stereocenters. The second kappa shape index (κ2) is 9.29. The number of carbonyl (C=O) groups excluding carboxylic acids is 1. The fourth-order valence-corrected chi connectivity index (χ4v) is 4.53. The fraction of sp³-hybridized carbons (Fsp3) is 0.241. The highest BCUT2D eigenvalue weighted by Crippen LogP contribution is 2.42. The topological polar surface area (TPSA) is 69.0 Å². The lowest BCUT2D eigenvalue weighted by Gasteiger charge is -2.25. The van der Waals surface area contributed by atoms with Gasteiger partial charge in [0.15, 0.2) is 5.43 Å². The van der Waals surface area contributed by atoms with E-state index in [1.807, 2.05) is 81.4 Å². The van der Waals surface area contributed by atoms with Gasteiger partial charge in [0.1, 0.15) is 17.1 Å². The molecule has 2 heterocycles. The van der Waals surface area contributed by atoms with Gasteiger partial charge in [-0.1, -0.05) is 30.7 Å². The molecule has 0 fully saturated rings. The number of nitrogens with zero attached hydrogens (tertiary/aromatic N) is 1. The Morgan fingerprint density at radius 2 is 1.71 bits per heavy atom. The molecule has 0 saturated carbocycles. The van der Waals surface area contributed by atoms with Crippen LogP contribution in [-0.4, -0.2) is 19.1 Å². The summed E-state index contributed by atoms with van der Waals surface area (Å²) in [5.41, 5.74) is 2.92. The molecule has 6 heteroatoms. The summed E-state index contributed by atoms with van der Waals surface area (Å²) >= 11 is 0. The minimum absolute atomic E-state index is 0.0742. The molecule has 1 aromatic heterocycles. The highest BCUT2D eigenvalue weighted by Gasteiger charge is 2.43. The predicted molar refractivity (Wildman–Crippen MR) is 136 cm³/mol. The van der Waals surface area contributed by atoms with E-state index in [-0.39, 0.29) is 17.1 Å². The van der Waals surface area contributed by atoms with E-state index in [1.165, 1.54) is 0 Å². The Morgan fingerprint density at radius 1 is 0.914 bits per heavy atom. The van der Waals surface area contributed by atoms with Crippen LogP contribution in [0, 0.1) is 6.92 Å². The zero-order valence-corrected chi connectivity index (χ0v) is 20.0. The molecular formula is C29H27NO5. The molecule has 0 spiro atoms. The molecule has 1 atom stereocenters. The zero-order chi connectivity index (χ0) is 24.5. The van der Waals surface area contributed by atoms with Crippen molar-refractivity contribution in [1.29, 1.82) is 0 Å². The first-order valence-electron chi connectivity index (χ1n) is 11.9. The molecule has 6 nitrogen and oxygen atoms in total. The molecule has 35 heavy (non-hydrogen) atoms. The van der Waals surface area contributed by atoms with Crippen molar-refractivity contribution in [2.24, 2.45) is 0 Å². The lowest BCUT2D eigenvalue weighted by molar-refractivity contribution is 0.0971. The number of fused-ring (bicyclic) bond motifs is 2. The van der Waals surface area contributed by atoms with Crippen molar-refractivity contribution in [3.05, 3.63) is 99.4 Å². The second-order valence-corrected chi connectivity index (χ2v) is 8.60. The van der Waals surface area contributed by atoms with Gasteiger partial charge in [0.2, 0.25) is 5.76 Å². The molecule has 1 aliphatic heterocycles. The van der Waals surface area contributed by atoms with Crippen LogP contribution in [0.15, 0.2) is 75.9 Å². The van der Waals surface area contributed by atoms with E-state index in [4.69, 9.17) is 13.9 Å². The van der Waals surface area contributed by atoms with Crippen LogP contribution in [-0.2, 0) is 0 Å². The van der Waals surface area contributed by atoms with Gasteiger partial charge in [-0.05, 0) is 74.4 Å². The van der Waals surface area contributed by atoms with Gasteiger partial charge in [0.05, 0.1) is 30.2 Å². The van der Waals surface area contributed by atoms with Crippen LogP contribution in [0.25, 0.3) is 11.0 Å². The zero-order valence-electron chi connectivity index (χ0n) is 20.0. The van der Waals surface area contributed by atoms with Crippen molar-refractivity contribution >= 4 is 22.6 Å². The van der Waals surface area contributed by atoms with Crippen LogP contribution >= 0.6 is 0 Å². The number of hydrogen-bond acceptors (Lipinski definition) is 5. The van der Waals surface area contributed by atoms with Crippen molar-refractivity contribution in [3.63, 3.8) is 0 Å². The molecule has 0 saturated heterocycles. The summed E-state index contributed by atoms with van der Waals surface area (Å²) in [6.07, 6.45) is 0.877. The third-order valence-corrected chi connectivity index (χ3v) is 6.10. The van der Waals surface area contributed by atoms with Gasteiger partial charge < -0.3 is 13.9 Å². The number of aryl methyl sites for hydroxylation is 1. The quantitative estimate of drug-likeness (QED) is 0.330. The minimum atomic E-state index is -0.651. The first kappa shape index (κ1) is 22.7. The number of rotatable bonds is 7. The maximum Gasteiger partial charge on any atom is 0.295 e. The van der Waals surface area contributed by atoms with Gasteiger partial charge in [-0.25, -0.2) is 0 Å². The van der Waals surface area contributed by atoms with E-state index in [0.29, 0.717) is 46.9 Å². The normalized spacial score (nSPS) is 14.9. The van der Waals surface area contributed by atoms with Gasteiger partial charge in [-0.15, -0.1) is 0 Å². The Morgan fingerprint density at radius 3 is 2.46 bits per heavy atom. The van der Waals surface area contributed by atoms with E-state index < -0.39 is 6.04 Å². The number of ether oxygens (including phenoxy) is 2. The molecule has 0 N–H and O–H groups in total. The lowest BCUT2D eigenvalue weighted by Crippen LogP contribution is -2.29. The average molecular weight is 470 g/mol. The third-order valence-electron chi connectivity index (χ3n) is 6.10. The predicted octanol–water partition coefficient (Wildman–Crippen LogP) is 6.04. The maximum atomic E-state index is 13.8. The van der Waals surface area contributed by atoms with Crippen LogP contribution in [0.2, 0.25) is 0 Å². The highest BCUT2D eigenvalue weighted by molar-refractivity contribution is 6.10. The summed E-state index contributed by atoms with van der Waals surface area (Å²) in [6, 6.07) is 19.6. The van der Waals surface area contributed by atoms with Crippen molar-refractivity contribution in [1.82, 2.24) is 0 Å². The molecule has 178 valence electrons. The van der Waals surface area contributed by atoms with Gasteiger partial charge in [0.25, 0.3) is 5.91 Å². The smallest absolute Gasteiger partial charge is 0.295 e. The van der Waals surface area contributed by atoms with Crippen LogP contribution < -0.4 is 19.8 Å². The van der Waals surface area contributed by atoms with Gasteiger partial charge in [0, 0.05) is 5.69 Å². The number of amides is 1. The Hall–Kier alpha value is -4.06. The van der Waals surface area contributed by atoms with Crippen molar-refractivity contribution in [2.75, 3.05) is 18.1 Å². The van der Waals surface area contributed by atoms with Crippen LogP contribution in [0.4, 0.5) is 5.69 Å². The molecule has 0 bridgehead atoms. The van der Waals surface area contributed by atoms with E-state index in [2.05, 4.69) is 0 Å². The Kier molecular flexibility index (Phi) is 6.03. The van der Waals surface area contributed by atoms with Crippen LogP contribution in [0.1, 0.15) is 53.6 Å². The largest absolute Gasteiger partial charge is 0.494 e. The maximum absolute atomic E-state index is 13.8. The van der Waals surface area contributed by atoms with Crippen molar-refractivity contribution in [3.8, 4) is 11.5 Å². The number of carbonyl (C=O) groups is 1. The fourth-order valence-electron chi connectivity index (χ4n) is 4.53.